The van der Waals surface area contributed by atoms with E-state index < -0.39 is 0 Å². The summed E-state index contributed by atoms with van der Waals surface area (Å²) in [7, 11) is 0. The van der Waals surface area contributed by atoms with Gasteiger partial charge in [-0.3, -0.25) is 4.79 Å². The van der Waals surface area contributed by atoms with Crippen LogP contribution in [-0.4, -0.2) is 24.8 Å². The zero-order valence-electron chi connectivity index (χ0n) is 7.03. The van der Waals surface area contributed by atoms with Gasteiger partial charge in [-0.2, -0.15) is 0 Å². The zero-order valence-corrected chi connectivity index (χ0v) is 7.03. The van der Waals surface area contributed by atoms with E-state index in [1.54, 1.807) is 0 Å². The minimum absolute atomic E-state index is 0.0127. The Morgan fingerprint density at radius 3 is 3.17 bits per heavy atom. The third kappa shape index (κ3) is 1.14. The second kappa shape index (κ2) is 2.90. The summed E-state index contributed by atoms with van der Waals surface area (Å²) in [6.45, 7) is 2.51. The number of carbonyl (C=O) groups excluding carboxylic acids is 1. The van der Waals surface area contributed by atoms with Gasteiger partial charge in [-0.15, -0.1) is 0 Å². The first-order valence-electron chi connectivity index (χ1n) is 4.25. The Morgan fingerprint density at radius 2 is 2.42 bits per heavy atom. The Morgan fingerprint density at radius 1 is 1.58 bits per heavy atom. The number of ether oxygens (including phenoxy) is 2. The molecule has 0 amide bonds. The Labute approximate surface area is 71.3 Å². The van der Waals surface area contributed by atoms with Crippen LogP contribution in [-0.2, 0) is 14.3 Å². The van der Waals surface area contributed by atoms with Crippen molar-refractivity contribution in [1.82, 2.24) is 0 Å². The number of fused-ring (bicyclic) bond motifs is 1. The molecule has 2 fully saturated rings. The number of esters is 1. The van der Waals surface area contributed by atoms with Gasteiger partial charge < -0.3 is 9.47 Å². The van der Waals surface area contributed by atoms with Gasteiger partial charge in [0.25, 0.3) is 0 Å². The maximum Gasteiger partial charge on any atom is 0.306 e. The molecule has 0 aromatic heterocycles. The molecular formula is C9H12O3. The number of hydrogen-bond acceptors (Lipinski definition) is 3. The summed E-state index contributed by atoms with van der Waals surface area (Å²) in [5.74, 6) is 0.177. The van der Waals surface area contributed by atoms with Crippen LogP contribution in [0, 0.1) is 5.92 Å². The molecule has 0 unspecified atom stereocenters. The van der Waals surface area contributed by atoms with E-state index in [1.807, 2.05) is 19.1 Å². The second-order valence-electron chi connectivity index (χ2n) is 3.22. The molecule has 2 rings (SSSR count). The summed E-state index contributed by atoms with van der Waals surface area (Å²) in [6, 6.07) is 0. The van der Waals surface area contributed by atoms with Crippen LogP contribution >= 0.6 is 0 Å². The van der Waals surface area contributed by atoms with Gasteiger partial charge in [0.2, 0.25) is 0 Å². The third-order valence-corrected chi connectivity index (χ3v) is 2.42. The standard InChI is InChI=1S/C9H12O3/c1-2-3-7-6-4-9(10)12-8(6)5-11-7/h2-3,6-8H,4-5H2,1H3/b3-2+/t6-,7+,8+/m0/s1. The van der Waals surface area contributed by atoms with Gasteiger partial charge in [-0.1, -0.05) is 12.2 Å². The van der Waals surface area contributed by atoms with Crippen LogP contribution in [0.2, 0.25) is 0 Å². The average Bonchev–Trinajstić information content (AvgIpc) is 2.52. The van der Waals surface area contributed by atoms with Crippen LogP contribution in [0.5, 0.6) is 0 Å². The molecule has 3 heteroatoms. The van der Waals surface area contributed by atoms with Crippen molar-refractivity contribution in [2.45, 2.75) is 25.6 Å². The minimum Gasteiger partial charge on any atom is -0.459 e. The lowest BCUT2D eigenvalue weighted by atomic mass is 9.97. The Hall–Kier alpha value is -0.830. The van der Waals surface area contributed by atoms with Gasteiger partial charge in [0.15, 0.2) is 0 Å². The molecule has 0 saturated carbocycles. The van der Waals surface area contributed by atoms with E-state index in [-0.39, 0.29) is 24.1 Å². The van der Waals surface area contributed by atoms with Gasteiger partial charge >= 0.3 is 5.97 Å². The van der Waals surface area contributed by atoms with Gasteiger partial charge in [0.1, 0.15) is 6.10 Å². The van der Waals surface area contributed by atoms with E-state index in [2.05, 4.69) is 0 Å². The van der Waals surface area contributed by atoms with E-state index in [1.165, 1.54) is 0 Å². The van der Waals surface area contributed by atoms with Gasteiger partial charge in [0, 0.05) is 5.92 Å². The molecule has 3 nitrogen and oxygen atoms in total. The van der Waals surface area contributed by atoms with E-state index in [4.69, 9.17) is 9.47 Å². The summed E-state index contributed by atoms with van der Waals surface area (Å²) in [6.07, 6.45) is 4.56. The molecule has 0 bridgehead atoms. The molecule has 12 heavy (non-hydrogen) atoms. The third-order valence-electron chi connectivity index (χ3n) is 2.42. The van der Waals surface area contributed by atoms with Crippen LogP contribution in [0.15, 0.2) is 12.2 Å². The Kier molecular flexibility index (Phi) is 1.89. The maximum atomic E-state index is 10.9. The first-order valence-corrected chi connectivity index (χ1v) is 4.25. The normalized spacial score (nSPS) is 40.4. The molecule has 0 spiro atoms. The number of rotatable bonds is 1. The summed E-state index contributed by atoms with van der Waals surface area (Å²) in [5, 5.41) is 0. The molecule has 0 N–H and O–H groups in total. The van der Waals surface area contributed by atoms with Crippen LogP contribution in [0.3, 0.4) is 0 Å². The molecule has 66 valence electrons. The Balaban J connectivity index is 2.07. The number of carbonyl (C=O) groups is 1. The summed E-state index contributed by atoms with van der Waals surface area (Å²) >= 11 is 0. The molecule has 0 aromatic rings. The fraction of sp³-hybridized carbons (Fsp3) is 0.667. The van der Waals surface area contributed by atoms with Gasteiger partial charge in [0.05, 0.1) is 19.1 Å². The molecule has 0 aromatic carbocycles. The molecule has 2 aliphatic rings. The number of hydrogen-bond donors (Lipinski definition) is 0. The van der Waals surface area contributed by atoms with Gasteiger partial charge in [-0.05, 0) is 6.92 Å². The molecule has 2 aliphatic heterocycles. The quantitative estimate of drug-likeness (QED) is 0.431. The van der Waals surface area contributed by atoms with Crippen LogP contribution in [0.4, 0.5) is 0 Å². The summed E-state index contributed by atoms with van der Waals surface area (Å²) < 4.78 is 10.5. The molecule has 2 heterocycles. The van der Waals surface area contributed by atoms with Crippen molar-refractivity contribution in [2.24, 2.45) is 5.92 Å². The highest BCUT2D eigenvalue weighted by Crippen LogP contribution is 2.33. The Bertz CT molecular complexity index is 222. The highest BCUT2D eigenvalue weighted by molar-refractivity contribution is 5.72. The fourth-order valence-corrected chi connectivity index (χ4v) is 1.83. The van der Waals surface area contributed by atoms with Crippen molar-refractivity contribution in [3.8, 4) is 0 Å². The first-order chi connectivity index (χ1) is 5.81. The van der Waals surface area contributed by atoms with Crippen molar-refractivity contribution >= 4 is 5.97 Å². The van der Waals surface area contributed by atoms with Crippen LogP contribution < -0.4 is 0 Å². The summed E-state index contributed by atoms with van der Waals surface area (Å²) in [4.78, 5) is 10.9. The molecular weight excluding hydrogens is 156 g/mol. The average molecular weight is 168 g/mol. The predicted octanol–water partition coefficient (Wildman–Crippen LogP) is 0.893. The highest BCUT2D eigenvalue weighted by atomic mass is 16.6. The zero-order chi connectivity index (χ0) is 8.55. The highest BCUT2D eigenvalue weighted by Gasteiger charge is 2.44. The van der Waals surface area contributed by atoms with Crippen molar-refractivity contribution in [3.05, 3.63) is 12.2 Å². The lowest BCUT2D eigenvalue weighted by Gasteiger charge is -2.08. The van der Waals surface area contributed by atoms with Gasteiger partial charge in [-0.25, -0.2) is 0 Å². The monoisotopic (exact) mass is 168 g/mol. The lowest BCUT2D eigenvalue weighted by molar-refractivity contribution is -0.142. The number of allylic oxidation sites excluding steroid dienone is 1. The first kappa shape index (κ1) is 7.80. The van der Waals surface area contributed by atoms with Crippen molar-refractivity contribution in [3.63, 3.8) is 0 Å². The second-order valence-corrected chi connectivity index (χ2v) is 3.22. The van der Waals surface area contributed by atoms with Crippen molar-refractivity contribution < 1.29 is 14.3 Å². The fourth-order valence-electron chi connectivity index (χ4n) is 1.83. The molecule has 2 saturated heterocycles. The maximum absolute atomic E-state index is 10.9. The molecule has 0 radical (unpaired) electrons. The van der Waals surface area contributed by atoms with Crippen molar-refractivity contribution in [1.29, 1.82) is 0 Å². The van der Waals surface area contributed by atoms with E-state index in [0.717, 1.165) is 0 Å². The van der Waals surface area contributed by atoms with E-state index >= 15 is 0 Å². The predicted molar refractivity (Wildman–Crippen MR) is 42.5 cm³/mol. The smallest absolute Gasteiger partial charge is 0.306 e. The molecule has 3 atom stereocenters. The largest absolute Gasteiger partial charge is 0.459 e. The lowest BCUT2D eigenvalue weighted by Crippen LogP contribution is -2.17. The minimum atomic E-state index is -0.0807. The molecule has 0 aliphatic carbocycles. The van der Waals surface area contributed by atoms with Crippen molar-refractivity contribution in [2.75, 3.05) is 6.61 Å². The van der Waals surface area contributed by atoms with Crippen LogP contribution in [0.25, 0.3) is 0 Å². The summed E-state index contributed by atoms with van der Waals surface area (Å²) in [5.41, 5.74) is 0. The topological polar surface area (TPSA) is 35.5 Å². The van der Waals surface area contributed by atoms with E-state index in [0.29, 0.717) is 13.0 Å². The van der Waals surface area contributed by atoms with E-state index in [9.17, 15) is 4.79 Å². The SMILES string of the molecule is C/C=C/[C@H]1OC[C@H]2OC(=O)C[C@@H]12. The van der Waals surface area contributed by atoms with Crippen LogP contribution in [0.1, 0.15) is 13.3 Å².